The summed E-state index contributed by atoms with van der Waals surface area (Å²) in [5.41, 5.74) is 1.15. The summed E-state index contributed by atoms with van der Waals surface area (Å²) in [6.07, 6.45) is 2.87. The molecule has 1 aliphatic rings. The molecule has 1 rings (SSSR count). The van der Waals surface area contributed by atoms with Gasteiger partial charge in [0.25, 0.3) is 0 Å². The van der Waals surface area contributed by atoms with Gasteiger partial charge in [-0.2, -0.15) is 0 Å². The first-order chi connectivity index (χ1) is 5.61. The topological polar surface area (TPSA) is 26.3 Å². The molecule has 0 amide bonds. The van der Waals surface area contributed by atoms with E-state index < -0.39 is 0 Å². The van der Waals surface area contributed by atoms with E-state index in [0.717, 1.165) is 18.6 Å². The van der Waals surface area contributed by atoms with Gasteiger partial charge in [0.2, 0.25) is 0 Å². The average Bonchev–Trinajstić information content (AvgIpc) is 1.97. The second kappa shape index (κ2) is 3.85. The molecule has 1 heterocycles. The molecule has 1 saturated heterocycles. The van der Waals surface area contributed by atoms with Gasteiger partial charge in [-0.1, -0.05) is 6.92 Å². The third-order valence-electron chi connectivity index (χ3n) is 2.33. The summed E-state index contributed by atoms with van der Waals surface area (Å²) in [4.78, 5) is 10.9. The monoisotopic (exact) mass is 168 g/mol. The molecule has 0 spiro atoms. The van der Waals surface area contributed by atoms with Crippen LogP contribution >= 0.6 is 0 Å². The first-order valence-corrected chi connectivity index (χ1v) is 4.45. The number of carbonyl (C=O) groups excluding carboxylic acids is 1. The van der Waals surface area contributed by atoms with Crippen molar-refractivity contribution >= 4 is 5.78 Å². The molecule has 2 heteroatoms. The summed E-state index contributed by atoms with van der Waals surface area (Å²) in [5, 5.41) is 0. The van der Waals surface area contributed by atoms with Crippen molar-refractivity contribution in [2.24, 2.45) is 5.92 Å². The molecule has 0 radical (unpaired) electrons. The molecule has 2 unspecified atom stereocenters. The zero-order valence-electron chi connectivity index (χ0n) is 7.96. The van der Waals surface area contributed by atoms with E-state index in [1.807, 2.05) is 6.92 Å². The summed E-state index contributed by atoms with van der Waals surface area (Å²) in [6, 6.07) is 0. The van der Waals surface area contributed by atoms with Crippen LogP contribution in [-0.2, 0) is 9.53 Å². The zero-order chi connectivity index (χ0) is 9.14. The molecule has 0 saturated carbocycles. The highest BCUT2D eigenvalue weighted by atomic mass is 16.5. The average molecular weight is 168 g/mol. The van der Waals surface area contributed by atoms with E-state index in [-0.39, 0.29) is 11.9 Å². The van der Waals surface area contributed by atoms with Crippen molar-refractivity contribution in [2.45, 2.75) is 33.3 Å². The van der Waals surface area contributed by atoms with Crippen LogP contribution in [0.5, 0.6) is 0 Å². The minimum absolute atomic E-state index is 0.120. The van der Waals surface area contributed by atoms with Crippen molar-refractivity contribution in [2.75, 3.05) is 6.61 Å². The van der Waals surface area contributed by atoms with Gasteiger partial charge in [-0.05, 0) is 37.8 Å². The summed E-state index contributed by atoms with van der Waals surface area (Å²) >= 11 is 0. The largest absolute Gasteiger partial charge is 0.374 e. The lowest BCUT2D eigenvalue weighted by molar-refractivity contribution is -0.112. The maximum Gasteiger partial charge on any atom is 0.152 e. The zero-order valence-corrected chi connectivity index (χ0v) is 7.96. The van der Waals surface area contributed by atoms with Gasteiger partial charge in [0.1, 0.15) is 0 Å². The Balaban J connectivity index is 2.75. The molecule has 1 aliphatic heterocycles. The summed E-state index contributed by atoms with van der Waals surface area (Å²) < 4.78 is 5.44. The van der Waals surface area contributed by atoms with Gasteiger partial charge in [0, 0.05) is 6.61 Å². The highest BCUT2D eigenvalue weighted by molar-refractivity contribution is 5.88. The molecule has 0 aromatic rings. The first kappa shape index (κ1) is 9.46. The Morgan fingerprint density at radius 3 is 2.75 bits per heavy atom. The molecular weight excluding hydrogens is 152 g/mol. The number of ketones is 1. The van der Waals surface area contributed by atoms with Crippen LogP contribution in [0, 0.1) is 5.92 Å². The minimum Gasteiger partial charge on any atom is -0.374 e. The van der Waals surface area contributed by atoms with Crippen LogP contribution in [0.25, 0.3) is 0 Å². The van der Waals surface area contributed by atoms with Crippen LogP contribution in [0.15, 0.2) is 11.6 Å². The molecule has 0 aromatic heterocycles. The van der Waals surface area contributed by atoms with Gasteiger partial charge in [0.05, 0.1) is 6.10 Å². The number of ether oxygens (including phenoxy) is 1. The van der Waals surface area contributed by atoms with Crippen LogP contribution in [0.4, 0.5) is 0 Å². The summed E-state index contributed by atoms with van der Waals surface area (Å²) in [5.74, 6) is 0.617. The fourth-order valence-corrected chi connectivity index (χ4v) is 1.58. The molecule has 0 N–H and O–H groups in total. The van der Waals surface area contributed by atoms with E-state index in [9.17, 15) is 4.79 Å². The molecule has 2 atom stereocenters. The predicted molar refractivity (Wildman–Crippen MR) is 48.0 cm³/mol. The second-order valence-corrected chi connectivity index (χ2v) is 3.46. The van der Waals surface area contributed by atoms with Crippen molar-refractivity contribution < 1.29 is 9.53 Å². The quantitative estimate of drug-likeness (QED) is 0.559. The number of carbonyl (C=O) groups is 1. The van der Waals surface area contributed by atoms with Gasteiger partial charge in [-0.25, -0.2) is 0 Å². The maximum atomic E-state index is 10.9. The Kier molecular flexibility index (Phi) is 3.04. The van der Waals surface area contributed by atoms with Crippen LogP contribution in [0.2, 0.25) is 0 Å². The Bertz CT molecular complexity index is 194. The van der Waals surface area contributed by atoms with Crippen molar-refractivity contribution in [1.29, 1.82) is 0 Å². The highest BCUT2D eigenvalue weighted by Gasteiger charge is 2.21. The van der Waals surface area contributed by atoms with Crippen molar-refractivity contribution in [3.63, 3.8) is 0 Å². The Labute approximate surface area is 73.6 Å². The van der Waals surface area contributed by atoms with Gasteiger partial charge < -0.3 is 4.74 Å². The van der Waals surface area contributed by atoms with Crippen molar-refractivity contribution in [3.8, 4) is 0 Å². The van der Waals surface area contributed by atoms with E-state index in [1.165, 1.54) is 0 Å². The molecular formula is C10H16O2. The number of allylic oxidation sites excluding steroid dienone is 1. The molecule has 68 valence electrons. The van der Waals surface area contributed by atoms with Crippen LogP contribution in [-0.4, -0.2) is 18.5 Å². The third-order valence-corrected chi connectivity index (χ3v) is 2.33. The van der Waals surface area contributed by atoms with Crippen molar-refractivity contribution in [1.82, 2.24) is 0 Å². The molecule has 12 heavy (non-hydrogen) atoms. The third kappa shape index (κ3) is 2.18. The summed E-state index contributed by atoms with van der Waals surface area (Å²) in [6.45, 7) is 6.55. The van der Waals surface area contributed by atoms with Gasteiger partial charge in [-0.15, -0.1) is 0 Å². The minimum atomic E-state index is 0.120. The van der Waals surface area contributed by atoms with Crippen LogP contribution < -0.4 is 0 Å². The number of hydrogen-bond acceptors (Lipinski definition) is 2. The number of hydrogen-bond donors (Lipinski definition) is 0. The lowest BCUT2D eigenvalue weighted by atomic mass is 9.91. The summed E-state index contributed by atoms with van der Waals surface area (Å²) in [7, 11) is 0. The van der Waals surface area contributed by atoms with Crippen molar-refractivity contribution in [3.05, 3.63) is 11.6 Å². The predicted octanol–water partition coefficient (Wildman–Crippen LogP) is 1.95. The molecule has 0 bridgehead atoms. The Morgan fingerprint density at radius 1 is 1.58 bits per heavy atom. The standard InChI is InChI=1S/C10H16O2/c1-7-4-5-12-9(3)10(7)6-8(2)11/h6-7,9H,4-5H2,1-3H3. The Hall–Kier alpha value is -0.630. The van der Waals surface area contributed by atoms with E-state index >= 15 is 0 Å². The fourth-order valence-electron chi connectivity index (χ4n) is 1.58. The Morgan fingerprint density at radius 2 is 2.25 bits per heavy atom. The van der Waals surface area contributed by atoms with Gasteiger partial charge >= 0.3 is 0 Å². The van der Waals surface area contributed by atoms with E-state index in [1.54, 1.807) is 13.0 Å². The smallest absolute Gasteiger partial charge is 0.152 e. The van der Waals surface area contributed by atoms with E-state index in [0.29, 0.717) is 5.92 Å². The van der Waals surface area contributed by atoms with Crippen LogP contribution in [0.1, 0.15) is 27.2 Å². The van der Waals surface area contributed by atoms with E-state index in [2.05, 4.69) is 6.92 Å². The molecule has 1 fully saturated rings. The SMILES string of the molecule is CC(=O)C=C1C(C)CCOC1C. The fraction of sp³-hybridized carbons (Fsp3) is 0.700. The molecule has 0 aromatic carbocycles. The second-order valence-electron chi connectivity index (χ2n) is 3.46. The lowest BCUT2D eigenvalue weighted by Crippen LogP contribution is -2.25. The lowest BCUT2D eigenvalue weighted by Gasteiger charge is -2.28. The normalized spacial score (nSPS) is 33.8. The first-order valence-electron chi connectivity index (χ1n) is 4.45. The highest BCUT2D eigenvalue weighted by Crippen LogP contribution is 2.25. The van der Waals surface area contributed by atoms with Gasteiger partial charge in [-0.3, -0.25) is 4.79 Å². The van der Waals surface area contributed by atoms with E-state index in [4.69, 9.17) is 4.74 Å². The molecule has 2 nitrogen and oxygen atoms in total. The number of rotatable bonds is 1. The maximum absolute atomic E-state index is 10.9. The molecule has 0 aliphatic carbocycles. The van der Waals surface area contributed by atoms with Crippen LogP contribution in [0.3, 0.4) is 0 Å². The van der Waals surface area contributed by atoms with Gasteiger partial charge in [0.15, 0.2) is 5.78 Å².